The van der Waals surface area contributed by atoms with Crippen LogP contribution in [0.2, 0.25) is 5.02 Å². The van der Waals surface area contributed by atoms with Gasteiger partial charge in [-0.25, -0.2) is 0 Å². The van der Waals surface area contributed by atoms with Crippen LogP contribution < -0.4 is 5.32 Å². The fourth-order valence-corrected chi connectivity index (χ4v) is 2.74. The van der Waals surface area contributed by atoms with Crippen LogP contribution in [-0.2, 0) is 0 Å². The molecule has 3 aromatic rings. The van der Waals surface area contributed by atoms with E-state index in [1.807, 2.05) is 6.07 Å². The molecule has 6 nitrogen and oxygen atoms in total. The van der Waals surface area contributed by atoms with Gasteiger partial charge < -0.3 is 10.3 Å². The largest absolute Gasteiger partial charge is 0.356 e. The second kappa shape index (κ2) is 6.22. The highest BCUT2D eigenvalue weighted by Crippen LogP contribution is 2.39. The van der Waals surface area contributed by atoms with Crippen LogP contribution in [0, 0.1) is 0 Å². The van der Waals surface area contributed by atoms with E-state index in [-0.39, 0.29) is 11.7 Å². The summed E-state index contributed by atoms with van der Waals surface area (Å²) in [6.45, 7) is 0. The number of carbonyl (C=O) groups excluding carboxylic acids is 2. The Morgan fingerprint density at radius 2 is 1.88 bits per heavy atom. The number of amides is 1. The molecule has 2 heterocycles. The van der Waals surface area contributed by atoms with Crippen LogP contribution in [-0.4, -0.2) is 26.9 Å². The van der Waals surface area contributed by atoms with E-state index in [0.717, 1.165) is 18.5 Å². The minimum Gasteiger partial charge on any atom is -0.356 e. The van der Waals surface area contributed by atoms with Gasteiger partial charge in [0.15, 0.2) is 11.6 Å². The maximum atomic E-state index is 12.4. The number of anilines is 1. The summed E-state index contributed by atoms with van der Waals surface area (Å²) >= 11 is 5.83. The second-order valence-corrected chi connectivity index (χ2v) is 6.51. The van der Waals surface area contributed by atoms with Gasteiger partial charge in [0.2, 0.25) is 0 Å². The molecule has 0 saturated heterocycles. The lowest BCUT2D eigenvalue weighted by atomic mass is 10.1. The maximum absolute atomic E-state index is 12.4. The van der Waals surface area contributed by atoms with Gasteiger partial charge in [-0.15, -0.1) is 0 Å². The van der Waals surface area contributed by atoms with Crippen molar-refractivity contribution >= 4 is 29.1 Å². The van der Waals surface area contributed by atoms with Gasteiger partial charge >= 0.3 is 0 Å². The van der Waals surface area contributed by atoms with E-state index < -0.39 is 0 Å². The highest BCUT2D eigenvalue weighted by Gasteiger charge is 2.26. The lowest BCUT2D eigenvalue weighted by molar-refractivity contribution is 0.102. The molecule has 1 saturated carbocycles. The van der Waals surface area contributed by atoms with E-state index >= 15 is 0 Å². The number of aromatic nitrogens is 3. The van der Waals surface area contributed by atoms with Crippen molar-refractivity contribution in [1.82, 2.24) is 15.2 Å². The Morgan fingerprint density at radius 1 is 1.12 bits per heavy atom. The minimum atomic E-state index is -0.344. The van der Waals surface area contributed by atoms with Crippen LogP contribution in [0.5, 0.6) is 0 Å². The van der Waals surface area contributed by atoms with Gasteiger partial charge in [0.1, 0.15) is 5.69 Å². The maximum Gasteiger partial charge on any atom is 0.273 e. The lowest BCUT2D eigenvalue weighted by Crippen LogP contribution is -2.12. The predicted octanol–water partition coefficient (Wildman–Crippen LogP) is 3.75. The van der Waals surface area contributed by atoms with Crippen LogP contribution >= 0.6 is 11.6 Å². The van der Waals surface area contributed by atoms with Gasteiger partial charge in [-0.05, 0) is 43.2 Å². The standard InChI is InChI=1S/C18H15ClN4O2/c19-13-5-3-11(4-6-13)17(24)12-7-15(20-9-12)18(25)21-16-8-14(22-23-16)10-1-2-10/h3-10,20H,1-2H2,(H2,21,22,23,25). The van der Waals surface area contributed by atoms with Crippen molar-refractivity contribution in [3.8, 4) is 0 Å². The summed E-state index contributed by atoms with van der Waals surface area (Å²) in [7, 11) is 0. The fraction of sp³-hybridized carbons (Fsp3) is 0.167. The Labute approximate surface area is 148 Å². The average molecular weight is 355 g/mol. The van der Waals surface area contributed by atoms with E-state index in [2.05, 4.69) is 20.5 Å². The van der Waals surface area contributed by atoms with Gasteiger partial charge in [0.05, 0.1) is 0 Å². The Balaban J connectivity index is 1.46. The van der Waals surface area contributed by atoms with Crippen LogP contribution in [0.3, 0.4) is 0 Å². The first-order chi connectivity index (χ1) is 12.1. The molecule has 1 aromatic carbocycles. The van der Waals surface area contributed by atoms with E-state index in [1.165, 1.54) is 12.3 Å². The smallest absolute Gasteiger partial charge is 0.273 e. The second-order valence-electron chi connectivity index (χ2n) is 6.07. The molecule has 0 spiro atoms. The first kappa shape index (κ1) is 15.7. The van der Waals surface area contributed by atoms with Crippen LogP contribution in [0.15, 0.2) is 42.6 Å². The Bertz CT molecular complexity index is 938. The first-order valence-corrected chi connectivity index (χ1v) is 8.33. The average Bonchev–Trinajstić information content (AvgIpc) is 3.16. The number of carbonyl (C=O) groups is 2. The molecule has 3 N–H and O–H groups in total. The Morgan fingerprint density at radius 3 is 2.60 bits per heavy atom. The molecule has 126 valence electrons. The van der Waals surface area contributed by atoms with E-state index in [1.54, 1.807) is 24.3 Å². The van der Waals surface area contributed by atoms with Gasteiger partial charge in [-0.3, -0.25) is 14.7 Å². The number of benzene rings is 1. The normalized spacial score (nSPS) is 13.6. The molecule has 1 amide bonds. The molecule has 0 aliphatic heterocycles. The summed E-state index contributed by atoms with van der Waals surface area (Å²) in [6, 6.07) is 9.99. The molecule has 1 aliphatic rings. The van der Waals surface area contributed by atoms with Crippen LogP contribution in [0.4, 0.5) is 5.82 Å². The van der Waals surface area contributed by atoms with Gasteiger partial charge in [-0.2, -0.15) is 5.10 Å². The number of halogens is 1. The molecular weight excluding hydrogens is 340 g/mol. The Hall–Kier alpha value is -2.86. The summed E-state index contributed by atoms with van der Waals surface area (Å²) in [6.07, 6.45) is 3.83. The summed E-state index contributed by atoms with van der Waals surface area (Å²) in [4.78, 5) is 27.6. The minimum absolute atomic E-state index is 0.178. The molecule has 1 fully saturated rings. The highest BCUT2D eigenvalue weighted by molar-refractivity contribution is 6.30. The van der Waals surface area contributed by atoms with E-state index in [0.29, 0.717) is 33.6 Å². The van der Waals surface area contributed by atoms with Crippen molar-refractivity contribution in [2.75, 3.05) is 5.32 Å². The number of ketones is 1. The molecule has 0 unspecified atom stereocenters. The topological polar surface area (TPSA) is 90.6 Å². The summed E-state index contributed by atoms with van der Waals surface area (Å²) in [5.74, 6) is 0.492. The monoisotopic (exact) mass is 354 g/mol. The number of rotatable bonds is 5. The molecule has 4 rings (SSSR count). The highest BCUT2D eigenvalue weighted by atomic mass is 35.5. The summed E-state index contributed by atoms with van der Waals surface area (Å²) in [5.41, 5.74) is 2.26. The summed E-state index contributed by atoms with van der Waals surface area (Å²) < 4.78 is 0. The third-order valence-electron chi connectivity index (χ3n) is 4.15. The molecule has 1 aliphatic carbocycles. The number of aromatic amines is 2. The fourth-order valence-electron chi connectivity index (χ4n) is 2.61. The van der Waals surface area contributed by atoms with Gasteiger partial charge in [0, 0.05) is 40.0 Å². The van der Waals surface area contributed by atoms with E-state index in [9.17, 15) is 9.59 Å². The van der Waals surface area contributed by atoms with Crippen LogP contribution in [0.25, 0.3) is 0 Å². The molecule has 0 radical (unpaired) electrons. The first-order valence-electron chi connectivity index (χ1n) is 7.95. The molecule has 0 atom stereocenters. The number of H-pyrrole nitrogens is 2. The number of hydrogen-bond donors (Lipinski definition) is 3. The zero-order chi connectivity index (χ0) is 17.4. The van der Waals surface area contributed by atoms with E-state index in [4.69, 9.17) is 11.6 Å². The lowest BCUT2D eigenvalue weighted by Gasteiger charge is -1.99. The van der Waals surface area contributed by atoms with Crippen molar-refractivity contribution in [2.24, 2.45) is 0 Å². The number of nitrogens with zero attached hydrogens (tertiary/aromatic N) is 1. The summed E-state index contributed by atoms with van der Waals surface area (Å²) in [5, 5.41) is 10.3. The third kappa shape index (κ3) is 3.34. The molecule has 0 bridgehead atoms. The quantitative estimate of drug-likeness (QED) is 0.609. The SMILES string of the molecule is O=C(c1ccc(Cl)cc1)c1c[nH]c(C(=O)Nc2cc(C3CC3)[nH]n2)c1. The van der Waals surface area contributed by atoms with Crippen molar-refractivity contribution in [3.05, 3.63) is 70.1 Å². The van der Waals surface area contributed by atoms with Crippen molar-refractivity contribution in [3.63, 3.8) is 0 Å². The van der Waals surface area contributed by atoms with Gasteiger partial charge in [0.25, 0.3) is 5.91 Å². The third-order valence-corrected chi connectivity index (χ3v) is 4.40. The van der Waals surface area contributed by atoms with Crippen molar-refractivity contribution < 1.29 is 9.59 Å². The number of hydrogen-bond acceptors (Lipinski definition) is 3. The van der Waals surface area contributed by atoms with Gasteiger partial charge in [-0.1, -0.05) is 11.6 Å². The number of nitrogens with one attached hydrogen (secondary N) is 3. The van der Waals surface area contributed by atoms with Crippen LogP contribution in [0.1, 0.15) is 50.9 Å². The Kier molecular flexibility index (Phi) is 3.89. The molecule has 25 heavy (non-hydrogen) atoms. The zero-order valence-corrected chi connectivity index (χ0v) is 13.9. The molecule has 2 aromatic heterocycles. The molecule has 7 heteroatoms. The van der Waals surface area contributed by atoms with Crippen molar-refractivity contribution in [1.29, 1.82) is 0 Å². The predicted molar refractivity (Wildman–Crippen MR) is 94.2 cm³/mol. The van der Waals surface area contributed by atoms with Crippen molar-refractivity contribution in [2.45, 2.75) is 18.8 Å². The zero-order valence-electron chi connectivity index (χ0n) is 13.2. The molecular formula is C18H15ClN4O2.